The third-order valence-electron chi connectivity index (χ3n) is 1.58. The predicted molar refractivity (Wildman–Crippen MR) is 54.6 cm³/mol. The maximum absolute atomic E-state index is 4.91. The second-order valence-electron chi connectivity index (χ2n) is 2.62. The van der Waals surface area contributed by atoms with Crippen LogP contribution >= 0.6 is 0 Å². The summed E-state index contributed by atoms with van der Waals surface area (Å²) in [6.45, 7) is 3.80. The normalized spacial score (nSPS) is 12.0. The quantitative estimate of drug-likeness (QED) is 0.393. The number of hydrogen-bond acceptors (Lipinski definition) is 2. The molecule has 0 unspecified atom stereocenters. The van der Waals surface area contributed by atoms with E-state index in [2.05, 4.69) is 5.16 Å². The van der Waals surface area contributed by atoms with Crippen LogP contribution in [-0.4, -0.2) is 5.71 Å². The van der Waals surface area contributed by atoms with Gasteiger partial charge in [-0.3, -0.25) is 0 Å². The number of allylic oxidation sites excluding steroid dienone is 1. The number of rotatable bonds is 3. The van der Waals surface area contributed by atoms with Crippen molar-refractivity contribution in [3.05, 3.63) is 48.2 Å². The summed E-state index contributed by atoms with van der Waals surface area (Å²) in [7, 11) is 0. The lowest BCUT2D eigenvalue weighted by Crippen LogP contribution is -1.93. The van der Waals surface area contributed by atoms with Crippen molar-refractivity contribution in [2.45, 2.75) is 13.8 Å². The van der Waals surface area contributed by atoms with Gasteiger partial charge in [-0.05, 0) is 25.5 Å². The van der Waals surface area contributed by atoms with Crippen LogP contribution in [0, 0.1) is 0 Å². The summed E-state index contributed by atoms with van der Waals surface area (Å²) in [5, 5.41) is 3.91. The molecule has 0 bridgehead atoms. The van der Waals surface area contributed by atoms with Gasteiger partial charge in [0.1, 0.15) is 6.26 Å². The van der Waals surface area contributed by atoms with Gasteiger partial charge in [0.05, 0.1) is 5.71 Å². The van der Waals surface area contributed by atoms with Crippen LogP contribution < -0.4 is 0 Å². The Morgan fingerprint density at radius 1 is 1.31 bits per heavy atom. The first-order valence-corrected chi connectivity index (χ1v) is 4.21. The summed E-state index contributed by atoms with van der Waals surface area (Å²) >= 11 is 0. The van der Waals surface area contributed by atoms with Crippen molar-refractivity contribution in [1.82, 2.24) is 0 Å². The zero-order valence-electron chi connectivity index (χ0n) is 7.90. The number of hydrogen-bond donors (Lipinski definition) is 0. The highest BCUT2D eigenvalue weighted by molar-refractivity contribution is 5.98. The van der Waals surface area contributed by atoms with Crippen molar-refractivity contribution in [3.8, 4) is 0 Å². The standard InChI is InChI=1S/C11H13NO/c1-3-9-13-12-10(2)11-7-5-4-6-8-11/h3-9H,1-2H3/b9-3?,12-10+. The van der Waals surface area contributed by atoms with Crippen molar-refractivity contribution in [2.24, 2.45) is 5.16 Å². The molecule has 0 saturated heterocycles. The van der Waals surface area contributed by atoms with Crippen LogP contribution in [0.2, 0.25) is 0 Å². The van der Waals surface area contributed by atoms with Crippen molar-refractivity contribution < 1.29 is 4.84 Å². The summed E-state index contributed by atoms with van der Waals surface area (Å²) in [6, 6.07) is 9.92. The van der Waals surface area contributed by atoms with E-state index in [0.29, 0.717) is 0 Å². The lowest BCUT2D eigenvalue weighted by molar-refractivity contribution is 0.268. The Morgan fingerprint density at radius 3 is 2.62 bits per heavy atom. The maximum atomic E-state index is 4.91. The fraction of sp³-hybridized carbons (Fsp3) is 0.182. The van der Waals surface area contributed by atoms with Crippen molar-refractivity contribution in [2.75, 3.05) is 0 Å². The van der Waals surface area contributed by atoms with Gasteiger partial charge >= 0.3 is 0 Å². The molecule has 0 N–H and O–H groups in total. The summed E-state index contributed by atoms with van der Waals surface area (Å²) in [5.41, 5.74) is 1.95. The first-order valence-electron chi connectivity index (χ1n) is 4.21. The maximum Gasteiger partial charge on any atom is 0.117 e. The summed E-state index contributed by atoms with van der Waals surface area (Å²) in [6.07, 6.45) is 3.34. The molecule has 1 aromatic rings. The molecule has 0 fully saturated rings. The SMILES string of the molecule is CC=CO/N=C(\C)c1ccccc1. The third-order valence-corrected chi connectivity index (χ3v) is 1.58. The molecule has 0 aliphatic rings. The first kappa shape index (κ1) is 9.52. The molecular weight excluding hydrogens is 162 g/mol. The van der Waals surface area contributed by atoms with Gasteiger partial charge in [0.2, 0.25) is 0 Å². The van der Waals surface area contributed by atoms with E-state index < -0.39 is 0 Å². The Labute approximate surface area is 78.5 Å². The molecule has 0 saturated carbocycles. The highest BCUT2D eigenvalue weighted by Gasteiger charge is 1.94. The van der Waals surface area contributed by atoms with E-state index in [1.807, 2.05) is 44.2 Å². The Bertz CT molecular complexity index is 301. The molecule has 0 heterocycles. The lowest BCUT2D eigenvalue weighted by Gasteiger charge is -1.97. The van der Waals surface area contributed by atoms with E-state index >= 15 is 0 Å². The fourth-order valence-electron chi connectivity index (χ4n) is 0.902. The number of oxime groups is 1. The number of benzene rings is 1. The molecule has 0 aromatic heterocycles. The molecule has 0 spiro atoms. The third kappa shape index (κ3) is 3.11. The molecule has 0 amide bonds. The van der Waals surface area contributed by atoms with Gasteiger partial charge in [-0.2, -0.15) is 0 Å². The second kappa shape index (κ2) is 5.14. The highest BCUT2D eigenvalue weighted by Crippen LogP contribution is 2.00. The van der Waals surface area contributed by atoms with Crippen LogP contribution in [0.1, 0.15) is 19.4 Å². The van der Waals surface area contributed by atoms with E-state index in [0.717, 1.165) is 11.3 Å². The summed E-state index contributed by atoms with van der Waals surface area (Å²) in [5.74, 6) is 0. The molecule has 0 aliphatic carbocycles. The van der Waals surface area contributed by atoms with Crippen LogP contribution in [0.25, 0.3) is 0 Å². The molecule has 68 valence electrons. The largest absolute Gasteiger partial charge is 0.365 e. The molecule has 1 aromatic carbocycles. The van der Waals surface area contributed by atoms with Gasteiger partial charge in [0, 0.05) is 0 Å². The van der Waals surface area contributed by atoms with Gasteiger partial charge in [-0.15, -0.1) is 0 Å². The molecule has 0 aliphatic heterocycles. The topological polar surface area (TPSA) is 21.6 Å². The lowest BCUT2D eigenvalue weighted by atomic mass is 10.1. The Morgan fingerprint density at radius 2 is 2.00 bits per heavy atom. The van der Waals surface area contributed by atoms with E-state index in [9.17, 15) is 0 Å². The number of nitrogens with zero attached hydrogens (tertiary/aromatic N) is 1. The minimum atomic E-state index is 0.874. The monoisotopic (exact) mass is 175 g/mol. The Hall–Kier alpha value is -1.57. The summed E-state index contributed by atoms with van der Waals surface area (Å²) < 4.78 is 0. The van der Waals surface area contributed by atoms with Gasteiger partial charge in [-0.1, -0.05) is 35.5 Å². The highest BCUT2D eigenvalue weighted by atomic mass is 16.6. The van der Waals surface area contributed by atoms with Gasteiger partial charge in [0.25, 0.3) is 0 Å². The molecule has 2 nitrogen and oxygen atoms in total. The van der Waals surface area contributed by atoms with Crippen LogP contribution in [0.3, 0.4) is 0 Å². The fourth-order valence-corrected chi connectivity index (χ4v) is 0.902. The van der Waals surface area contributed by atoms with E-state index in [-0.39, 0.29) is 0 Å². The zero-order valence-corrected chi connectivity index (χ0v) is 7.90. The first-order chi connectivity index (χ1) is 6.34. The molecule has 13 heavy (non-hydrogen) atoms. The molecule has 1 rings (SSSR count). The van der Waals surface area contributed by atoms with Crippen LogP contribution in [-0.2, 0) is 4.84 Å². The smallest absolute Gasteiger partial charge is 0.117 e. The van der Waals surface area contributed by atoms with Crippen LogP contribution in [0.4, 0.5) is 0 Å². The average molecular weight is 175 g/mol. The van der Waals surface area contributed by atoms with E-state index in [1.54, 1.807) is 12.3 Å². The molecule has 0 atom stereocenters. The van der Waals surface area contributed by atoms with Crippen molar-refractivity contribution in [3.63, 3.8) is 0 Å². The average Bonchev–Trinajstić information content (AvgIpc) is 2.19. The minimum Gasteiger partial charge on any atom is -0.365 e. The van der Waals surface area contributed by atoms with Crippen molar-refractivity contribution >= 4 is 5.71 Å². The van der Waals surface area contributed by atoms with Crippen LogP contribution in [0.15, 0.2) is 47.8 Å². The zero-order chi connectivity index (χ0) is 9.52. The minimum absolute atomic E-state index is 0.874. The van der Waals surface area contributed by atoms with E-state index in [4.69, 9.17) is 4.84 Å². The van der Waals surface area contributed by atoms with E-state index in [1.165, 1.54) is 0 Å². The van der Waals surface area contributed by atoms with Gasteiger partial charge in [-0.25, -0.2) is 0 Å². The Kier molecular flexibility index (Phi) is 3.76. The molecule has 0 radical (unpaired) electrons. The predicted octanol–water partition coefficient (Wildman–Crippen LogP) is 2.96. The molecular formula is C11H13NO. The van der Waals surface area contributed by atoms with Crippen molar-refractivity contribution in [1.29, 1.82) is 0 Å². The van der Waals surface area contributed by atoms with Crippen LogP contribution in [0.5, 0.6) is 0 Å². The Balaban J connectivity index is 2.67. The summed E-state index contributed by atoms with van der Waals surface area (Å²) in [4.78, 5) is 4.91. The molecule has 2 heteroatoms. The van der Waals surface area contributed by atoms with Gasteiger partial charge in [0.15, 0.2) is 0 Å². The van der Waals surface area contributed by atoms with Gasteiger partial charge < -0.3 is 4.84 Å². The second-order valence-corrected chi connectivity index (χ2v) is 2.62.